The van der Waals surface area contributed by atoms with Gasteiger partial charge in [0, 0.05) is 31.6 Å². The largest absolute Gasteiger partial charge is 0.336 e. The first-order valence-corrected chi connectivity index (χ1v) is 11.1. The van der Waals surface area contributed by atoms with Crippen molar-refractivity contribution in [3.05, 3.63) is 50.3 Å². The van der Waals surface area contributed by atoms with E-state index in [1.807, 2.05) is 5.38 Å². The number of thiazole rings is 1. The number of hydrogen-bond acceptors (Lipinski definition) is 6. The molecule has 3 heterocycles. The van der Waals surface area contributed by atoms with Gasteiger partial charge in [0.25, 0.3) is 5.91 Å². The van der Waals surface area contributed by atoms with E-state index in [-0.39, 0.29) is 28.8 Å². The molecule has 136 valence electrons. The predicted octanol–water partition coefficient (Wildman–Crippen LogP) is 1.80. The van der Waals surface area contributed by atoms with E-state index in [4.69, 9.17) is 0 Å². The molecule has 4 rings (SSSR count). The van der Waals surface area contributed by atoms with Gasteiger partial charge in [0.15, 0.2) is 0 Å². The summed E-state index contributed by atoms with van der Waals surface area (Å²) in [5, 5.41) is 3.64. The molecular weight excluding hydrogens is 394 g/mol. The molecule has 2 aromatic heterocycles. The maximum Gasteiger partial charge on any atom is 0.305 e. The maximum atomic E-state index is 12.9. The molecule has 0 bridgehead atoms. The van der Waals surface area contributed by atoms with Crippen molar-refractivity contribution in [1.82, 2.24) is 14.2 Å². The van der Waals surface area contributed by atoms with Crippen molar-refractivity contribution in [3.8, 4) is 0 Å². The van der Waals surface area contributed by atoms with Gasteiger partial charge < -0.3 is 9.88 Å². The second-order valence-electron chi connectivity index (χ2n) is 5.88. The summed E-state index contributed by atoms with van der Waals surface area (Å²) in [5.41, 5.74) is 1.27. The number of carbonyl (C=O) groups excluding carboxylic acids is 1. The fraction of sp³-hybridized carbons (Fsp3) is 0.250. The van der Waals surface area contributed by atoms with Crippen LogP contribution < -0.4 is 4.87 Å². The summed E-state index contributed by atoms with van der Waals surface area (Å²) < 4.78 is 27.8. The third-order valence-corrected chi connectivity index (χ3v) is 7.75. The van der Waals surface area contributed by atoms with E-state index in [1.54, 1.807) is 22.4 Å². The third kappa shape index (κ3) is 3.09. The Morgan fingerprint density at radius 1 is 1.12 bits per heavy atom. The zero-order valence-corrected chi connectivity index (χ0v) is 16.0. The standard InChI is InChI=1S/C16H15N3O4S3/c20-15(11-3-8-24-10-11)18-4-6-19(7-5-18)26(22,23)12-1-2-13-14(9-12)25-16(21)17-13/h1-3,8-10H,4-7H2,(H,17,21). The van der Waals surface area contributed by atoms with Crippen molar-refractivity contribution in [2.24, 2.45) is 0 Å². The predicted molar refractivity (Wildman–Crippen MR) is 101 cm³/mol. The lowest BCUT2D eigenvalue weighted by molar-refractivity contribution is 0.0698. The Morgan fingerprint density at radius 2 is 1.88 bits per heavy atom. The number of fused-ring (bicyclic) bond motifs is 1. The SMILES string of the molecule is O=C(c1ccsc1)N1CCN(S(=O)(=O)c2ccc3[nH]c(=O)sc3c2)CC1. The van der Waals surface area contributed by atoms with E-state index in [9.17, 15) is 18.0 Å². The second kappa shape index (κ2) is 6.62. The molecule has 0 aliphatic carbocycles. The van der Waals surface area contributed by atoms with Crippen LogP contribution in [-0.2, 0) is 10.0 Å². The molecule has 1 N–H and O–H groups in total. The highest BCUT2D eigenvalue weighted by Crippen LogP contribution is 2.23. The Balaban J connectivity index is 1.52. The summed E-state index contributed by atoms with van der Waals surface area (Å²) in [7, 11) is -3.66. The van der Waals surface area contributed by atoms with Gasteiger partial charge in [-0.3, -0.25) is 9.59 Å². The van der Waals surface area contributed by atoms with Crippen molar-refractivity contribution in [2.45, 2.75) is 4.90 Å². The van der Waals surface area contributed by atoms with Gasteiger partial charge in [0.1, 0.15) is 0 Å². The molecule has 7 nitrogen and oxygen atoms in total. The normalized spacial score (nSPS) is 16.2. The maximum absolute atomic E-state index is 12.9. The number of rotatable bonds is 3. The topological polar surface area (TPSA) is 90.6 Å². The Kier molecular flexibility index (Phi) is 4.43. The molecule has 0 spiro atoms. The Labute approximate surface area is 157 Å². The smallest absolute Gasteiger partial charge is 0.305 e. The zero-order chi connectivity index (χ0) is 18.3. The molecule has 0 saturated carbocycles. The fourth-order valence-electron chi connectivity index (χ4n) is 2.94. The molecule has 1 amide bonds. The lowest BCUT2D eigenvalue weighted by Gasteiger charge is -2.33. The molecule has 1 aromatic carbocycles. The van der Waals surface area contributed by atoms with Gasteiger partial charge in [-0.15, -0.1) is 0 Å². The first kappa shape index (κ1) is 17.4. The van der Waals surface area contributed by atoms with Gasteiger partial charge in [0.05, 0.1) is 20.7 Å². The Hall–Kier alpha value is -2.01. The number of H-pyrrole nitrogens is 1. The lowest BCUT2D eigenvalue weighted by atomic mass is 10.2. The van der Waals surface area contributed by atoms with Crippen LogP contribution >= 0.6 is 22.7 Å². The summed E-state index contributed by atoms with van der Waals surface area (Å²) in [6.07, 6.45) is 0. The minimum atomic E-state index is -3.66. The minimum absolute atomic E-state index is 0.0678. The number of thiophene rings is 1. The second-order valence-corrected chi connectivity index (χ2v) is 9.61. The number of sulfonamides is 1. The van der Waals surface area contributed by atoms with Gasteiger partial charge in [-0.1, -0.05) is 11.3 Å². The van der Waals surface area contributed by atoms with Crippen LogP contribution in [0.2, 0.25) is 0 Å². The molecule has 0 radical (unpaired) electrons. The van der Waals surface area contributed by atoms with E-state index >= 15 is 0 Å². The van der Waals surface area contributed by atoms with Crippen molar-refractivity contribution in [1.29, 1.82) is 0 Å². The van der Waals surface area contributed by atoms with Crippen LogP contribution in [0.4, 0.5) is 0 Å². The molecule has 1 fully saturated rings. The molecule has 1 saturated heterocycles. The highest BCUT2D eigenvalue weighted by Gasteiger charge is 2.30. The Bertz CT molecular complexity index is 1110. The number of aromatic amines is 1. The first-order chi connectivity index (χ1) is 12.4. The highest BCUT2D eigenvalue weighted by molar-refractivity contribution is 7.89. The number of piperazine rings is 1. The molecule has 0 atom stereocenters. The highest BCUT2D eigenvalue weighted by atomic mass is 32.2. The number of nitrogens with zero attached hydrogens (tertiary/aromatic N) is 2. The average molecular weight is 410 g/mol. The number of amides is 1. The molecule has 3 aromatic rings. The Morgan fingerprint density at radius 3 is 2.58 bits per heavy atom. The number of aromatic nitrogens is 1. The van der Waals surface area contributed by atoms with E-state index in [0.29, 0.717) is 28.9 Å². The van der Waals surface area contributed by atoms with Crippen LogP contribution in [0.5, 0.6) is 0 Å². The fourth-order valence-corrected chi connectivity index (χ4v) is 5.86. The van der Waals surface area contributed by atoms with Gasteiger partial charge in [-0.2, -0.15) is 15.6 Å². The summed E-state index contributed by atoms with van der Waals surface area (Å²) in [6.45, 7) is 1.21. The van der Waals surface area contributed by atoms with E-state index in [1.165, 1.54) is 27.8 Å². The molecule has 1 aliphatic heterocycles. The summed E-state index contributed by atoms with van der Waals surface area (Å²) in [4.78, 5) is 28.1. The van der Waals surface area contributed by atoms with Gasteiger partial charge in [0.2, 0.25) is 10.0 Å². The van der Waals surface area contributed by atoms with Crippen molar-refractivity contribution in [2.75, 3.05) is 26.2 Å². The van der Waals surface area contributed by atoms with Gasteiger partial charge >= 0.3 is 4.87 Å². The molecule has 10 heteroatoms. The van der Waals surface area contributed by atoms with E-state index in [0.717, 1.165) is 11.3 Å². The van der Waals surface area contributed by atoms with Crippen molar-refractivity contribution >= 4 is 48.8 Å². The van der Waals surface area contributed by atoms with Gasteiger partial charge in [-0.25, -0.2) is 8.42 Å². The third-order valence-electron chi connectivity index (χ3n) is 4.32. The van der Waals surface area contributed by atoms with Gasteiger partial charge in [-0.05, 0) is 29.6 Å². The molecule has 0 unspecified atom stereocenters. The quantitative estimate of drug-likeness (QED) is 0.714. The molecule has 26 heavy (non-hydrogen) atoms. The first-order valence-electron chi connectivity index (χ1n) is 7.90. The van der Waals surface area contributed by atoms with Crippen molar-refractivity contribution < 1.29 is 13.2 Å². The van der Waals surface area contributed by atoms with Crippen LogP contribution in [0.15, 0.2) is 44.7 Å². The van der Waals surface area contributed by atoms with Crippen LogP contribution in [0.1, 0.15) is 10.4 Å². The number of hydrogen-bond donors (Lipinski definition) is 1. The average Bonchev–Trinajstić information content (AvgIpc) is 3.29. The van der Waals surface area contributed by atoms with Crippen LogP contribution in [0, 0.1) is 0 Å². The van der Waals surface area contributed by atoms with Crippen LogP contribution in [0.25, 0.3) is 10.2 Å². The number of benzene rings is 1. The summed E-state index contributed by atoms with van der Waals surface area (Å²) >= 11 is 2.44. The number of nitrogens with one attached hydrogen (secondary N) is 1. The van der Waals surface area contributed by atoms with E-state index < -0.39 is 10.0 Å². The van der Waals surface area contributed by atoms with E-state index in [2.05, 4.69) is 4.98 Å². The van der Waals surface area contributed by atoms with Crippen LogP contribution in [-0.4, -0.2) is 54.7 Å². The molecular formula is C16H15N3O4S3. The minimum Gasteiger partial charge on any atom is -0.336 e. The number of carbonyl (C=O) groups is 1. The summed E-state index contributed by atoms with van der Waals surface area (Å²) in [6, 6.07) is 6.41. The monoisotopic (exact) mass is 409 g/mol. The zero-order valence-electron chi connectivity index (χ0n) is 13.5. The van der Waals surface area contributed by atoms with Crippen LogP contribution in [0.3, 0.4) is 0 Å². The van der Waals surface area contributed by atoms with Crippen molar-refractivity contribution in [3.63, 3.8) is 0 Å². The lowest BCUT2D eigenvalue weighted by Crippen LogP contribution is -2.50. The molecule has 1 aliphatic rings. The summed E-state index contributed by atoms with van der Waals surface area (Å²) in [5.74, 6) is -0.0678.